The van der Waals surface area contributed by atoms with Gasteiger partial charge in [-0.1, -0.05) is 0 Å². The number of hydrogen-bond donors (Lipinski definition) is 2. The molecule has 0 saturated carbocycles. The Morgan fingerprint density at radius 1 is 1.55 bits per heavy atom. The third kappa shape index (κ3) is 4.74. The molecule has 6 heteroatoms. The van der Waals surface area contributed by atoms with Crippen LogP contribution < -0.4 is 5.32 Å². The minimum Gasteiger partial charge on any atom is -0.467 e. The Morgan fingerprint density at radius 3 is 2.86 bits per heavy atom. The van der Waals surface area contributed by atoms with Crippen LogP contribution in [0.1, 0.15) is 45.0 Å². The van der Waals surface area contributed by atoms with E-state index in [1.807, 2.05) is 6.92 Å². The number of nitrogens with one attached hydrogen (secondary N) is 1. The summed E-state index contributed by atoms with van der Waals surface area (Å²) < 4.78 is 10.2. The van der Waals surface area contributed by atoms with Crippen LogP contribution in [0.15, 0.2) is 22.8 Å². The number of piperidine rings is 1. The van der Waals surface area contributed by atoms with E-state index in [4.69, 9.17) is 9.15 Å². The standard InChI is InChI=1S/C16H26N2O4/c1-3-21-16(20)18-8-6-13(7-9-18)17-12(2)11-14(19)15-5-4-10-22-15/h4-5,10,12-14,17,19H,3,6-9,11H2,1-2H3. The lowest BCUT2D eigenvalue weighted by atomic mass is 10.0. The van der Waals surface area contributed by atoms with Gasteiger partial charge in [-0.2, -0.15) is 0 Å². The zero-order chi connectivity index (χ0) is 15.9. The number of likely N-dealkylation sites (tertiary alicyclic amines) is 1. The maximum atomic E-state index is 11.6. The van der Waals surface area contributed by atoms with Gasteiger partial charge in [0.15, 0.2) is 0 Å². The highest BCUT2D eigenvalue weighted by atomic mass is 16.6. The van der Waals surface area contributed by atoms with Crippen molar-refractivity contribution in [3.8, 4) is 0 Å². The van der Waals surface area contributed by atoms with E-state index in [1.165, 1.54) is 0 Å². The molecule has 124 valence electrons. The van der Waals surface area contributed by atoms with Crippen molar-refractivity contribution in [3.63, 3.8) is 0 Å². The second-order valence-electron chi connectivity index (χ2n) is 5.79. The summed E-state index contributed by atoms with van der Waals surface area (Å²) in [5, 5.41) is 13.6. The highest BCUT2D eigenvalue weighted by molar-refractivity contribution is 5.67. The van der Waals surface area contributed by atoms with E-state index in [0.29, 0.717) is 37.9 Å². The Bertz CT molecular complexity index is 441. The summed E-state index contributed by atoms with van der Waals surface area (Å²) >= 11 is 0. The average molecular weight is 310 g/mol. The van der Waals surface area contributed by atoms with E-state index < -0.39 is 6.10 Å². The number of furan rings is 1. The average Bonchev–Trinajstić information content (AvgIpc) is 3.02. The molecule has 2 unspecified atom stereocenters. The molecule has 1 fully saturated rings. The fraction of sp³-hybridized carbons (Fsp3) is 0.688. The molecule has 0 spiro atoms. The zero-order valence-corrected chi connectivity index (χ0v) is 13.3. The van der Waals surface area contributed by atoms with Crippen LogP contribution in [-0.2, 0) is 4.74 Å². The Morgan fingerprint density at radius 2 is 2.27 bits per heavy atom. The maximum Gasteiger partial charge on any atom is 0.409 e. The maximum absolute atomic E-state index is 11.6. The van der Waals surface area contributed by atoms with Gasteiger partial charge in [0.05, 0.1) is 12.9 Å². The number of ether oxygens (including phenoxy) is 1. The van der Waals surface area contributed by atoms with Crippen LogP contribution >= 0.6 is 0 Å². The summed E-state index contributed by atoms with van der Waals surface area (Å²) in [5.41, 5.74) is 0. The molecule has 1 aromatic heterocycles. The van der Waals surface area contributed by atoms with Gasteiger partial charge in [-0.15, -0.1) is 0 Å². The van der Waals surface area contributed by atoms with Gasteiger partial charge in [0.25, 0.3) is 0 Å². The number of aliphatic hydroxyl groups is 1. The molecule has 2 atom stereocenters. The van der Waals surface area contributed by atoms with Crippen molar-refractivity contribution in [2.24, 2.45) is 0 Å². The molecule has 6 nitrogen and oxygen atoms in total. The van der Waals surface area contributed by atoms with Crippen molar-refractivity contribution in [3.05, 3.63) is 24.2 Å². The topological polar surface area (TPSA) is 74.9 Å². The fourth-order valence-electron chi connectivity index (χ4n) is 2.85. The molecule has 2 heterocycles. The molecule has 2 N–H and O–H groups in total. The van der Waals surface area contributed by atoms with Crippen molar-refractivity contribution >= 4 is 6.09 Å². The molecule has 1 aromatic rings. The summed E-state index contributed by atoms with van der Waals surface area (Å²) in [4.78, 5) is 13.4. The molecule has 0 aliphatic carbocycles. The molecule has 0 radical (unpaired) electrons. The van der Waals surface area contributed by atoms with Crippen LogP contribution in [-0.4, -0.2) is 47.9 Å². The highest BCUT2D eigenvalue weighted by Gasteiger charge is 2.25. The first-order chi connectivity index (χ1) is 10.6. The first-order valence-electron chi connectivity index (χ1n) is 7.99. The molecule has 1 amide bonds. The van der Waals surface area contributed by atoms with Gasteiger partial charge in [-0.25, -0.2) is 4.79 Å². The Hall–Kier alpha value is -1.53. The zero-order valence-electron chi connectivity index (χ0n) is 13.3. The van der Waals surface area contributed by atoms with E-state index in [-0.39, 0.29) is 12.1 Å². The molecule has 22 heavy (non-hydrogen) atoms. The molecule has 1 aliphatic heterocycles. The van der Waals surface area contributed by atoms with Crippen LogP contribution in [0.2, 0.25) is 0 Å². The third-order valence-corrected chi connectivity index (χ3v) is 3.99. The monoisotopic (exact) mass is 310 g/mol. The van der Waals surface area contributed by atoms with Gasteiger partial charge < -0.3 is 24.5 Å². The Balaban J connectivity index is 1.70. The number of carbonyl (C=O) groups is 1. The van der Waals surface area contributed by atoms with Gasteiger partial charge >= 0.3 is 6.09 Å². The van der Waals surface area contributed by atoms with Gasteiger partial charge in [-0.3, -0.25) is 0 Å². The number of rotatable bonds is 6. The summed E-state index contributed by atoms with van der Waals surface area (Å²) in [6.45, 7) is 5.72. The fourth-order valence-corrected chi connectivity index (χ4v) is 2.85. The number of hydrogen-bond acceptors (Lipinski definition) is 5. The predicted molar refractivity (Wildman–Crippen MR) is 82.5 cm³/mol. The lowest BCUT2D eigenvalue weighted by molar-refractivity contribution is 0.0918. The first-order valence-corrected chi connectivity index (χ1v) is 7.99. The van der Waals surface area contributed by atoms with E-state index >= 15 is 0 Å². The second kappa shape index (κ2) is 8.19. The van der Waals surface area contributed by atoms with Gasteiger partial charge in [-0.05, 0) is 45.2 Å². The van der Waals surface area contributed by atoms with Crippen LogP contribution in [0.25, 0.3) is 0 Å². The Kier molecular flexibility index (Phi) is 6.27. The van der Waals surface area contributed by atoms with Crippen LogP contribution in [0.3, 0.4) is 0 Å². The lowest BCUT2D eigenvalue weighted by Gasteiger charge is -2.33. The summed E-state index contributed by atoms with van der Waals surface area (Å²) in [7, 11) is 0. The Labute approximate surface area is 131 Å². The van der Waals surface area contributed by atoms with E-state index in [9.17, 15) is 9.90 Å². The molecular weight excluding hydrogens is 284 g/mol. The highest BCUT2D eigenvalue weighted by Crippen LogP contribution is 2.20. The van der Waals surface area contributed by atoms with Gasteiger partial charge in [0, 0.05) is 25.2 Å². The van der Waals surface area contributed by atoms with Gasteiger partial charge in [0.1, 0.15) is 11.9 Å². The predicted octanol–water partition coefficient (Wildman–Crippen LogP) is 2.30. The minimum atomic E-state index is -0.586. The second-order valence-corrected chi connectivity index (χ2v) is 5.79. The third-order valence-electron chi connectivity index (χ3n) is 3.99. The number of nitrogens with zero attached hydrogens (tertiary/aromatic N) is 1. The smallest absolute Gasteiger partial charge is 0.409 e. The lowest BCUT2D eigenvalue weighted by Crippen LogP contribution is -2.47. The van der Waals surface area contributed by atoms with Crippen molar-refractivity contribution < 1.29 is 19.1 Å². The summed E-state index contributed by atoms with van der Waals surface area (Å²) in [6.07, 6.45) is 3.17. The number of carbonyl (C=O) groups excluding carboxylic acids is 1. The molecular formula is C16H26N2O4. The molecule has 2 rings (SSSR count). The van der Waals surface area contributed by atoms with Gasteiger partial charge in [0.2, 0.25) is 0 Å². The normalized spacial score (nSPS) is 19.0. The van der Waals surface area contributed by atoms with Crippen molar-refractivity contribution in [1.82, 2.24) is 10.2 Å². The van der Waals surface area contributed by atoms with E-state index in [2.05, 4.69) is 12.2 Å². The summed E-state index contributed by atoms with van der Waals surface area (Å²) in [5.74, 6) is 0.603. The number of amides is 1. The van der Waals surface area contributed by atoms with Crippen LogP contribution in [0, 0.1) is 0 Å². The number of aliphatic hydroxyl groups excluding tert-OH is 1. The first kappa shape index (κ1) is 16.8. The van der Waals surface area contributed by atoms with Crippen LogP contribution in [0.4, 0.5) is 4.79 Å². The SMILES string of the molecule is CCOC(=O)N1CCC(NC(C)CC(O)c2ccco2)CC1. The largest absolute Gasteiger partial charge is 0.467 e. The molecule has 0 aromatic carbocycles. The van der Waals surface area contributed by atoms with E-state index in [0.717, 1.165) is 12.8 Å². The molecule has 1 saturated heterocycles. The quantitative estimate of drug-likeness (QED) is 0.843. The van der Waals surface area contributed by atoms with Crippen molar-refractivity contribution in [1.29, 1.82) is 0 Å². The minimum absolute atomic E-state index is 0.180. The molecule has 1 aliphatic rings. The molecule has 0 bridgehead atoms. The van der Waals surface area contributed by atoms with Crippen molar-refractivity contribution in [2.75, 3.05) is 19.7 Å². The summed E-state index contributed by atoms with van der Waals surface area (Å²) in [6, 6.07) is 4.11. The van der Waals surface area contributed by atoms with Crippen LogP contribution in [0.5, 0.6) is 0 Å². The van der Waals surface area contributed by atoms with Crippen molar-refractivity contribution in [2.45, 2.75) is 51.3 Å². The van der Waals surface area contributed by atoms with E-state index in [1.54, 1.807) is 23.3 Å².